The van der Waals surface area contributed by atoms with Crippen molar-refractivity contribution >= 4 is 27.3 Å². The van der Waals surface area contributed by atoms with E-state index in [0.717, 1.165) is 11.8 Å². The summed E-state index contributed by atoms with van der Waals surface area (Å²) in [5, 5.41) is 5.83. The fourth-order valence-corrected chi connectivity index (χ4v) is 4.53. The maximum atomic E-state index is 3.67. The summed E-state index contributed by atoms with van der Waals surface area (Å²) in [7, 11) is 0. The van der Waals surface area contributed by atoms with E-state index in [1.807, 2.05) is 11.3 Å². The van der Waals surface area contributed by atoms with Gasteiger partial charge in [0.15, 0.2) is 0 Å². The van der Waals surface area contributed by atoms with Gasteiger partial charge in [-0.25, -0.2) is 0 Å². The highest BCUT2D eigenvalue weighted by atomic mass is 79.9. The van der Waals surface area contributed by atoms with Gasteiger partial charge in [-0.05, 0) is 65.0 Å². The van der Waals surface area contributed by atoms with Crippen molar-refractivity contribution in [3.8, 4) is 0 Å². The lowest BCUT2D eigenvalue weighted by molar-refractivity contribution is 0.225. The Kier molecular flexibility index (Phi) is 5.71. The van der Waals surface area contributed by atoms with E-state index in [4.69, 9.17) is 0 Å². The number of rotatable bonds is 5. The van der Waals surface area contributed by atoms with Crippen molar-refractivity contribution in [1.82, 2.24) is 5.32 Å². The number of halogens is 1. The van der Waals surface area contributed by atoms with Gasteiger partial charge >= 0.3 is 0 Å². The standard InChI is InChI=1S/C15H24BrNS/c1-11(2)17-10-13-6-4-3-5-12(13)9-15-14(16)7-8-18-15/h7-8,11-13,17H,3-6,9-10H2,1-2H3. The topological polar surface area (TPSA) is 12.0 Å². The summed E-state index contributed by atoms with van der Waals surface area (Å²) in [6.07, 6.45) is 6.93. The predicted octanol–water partition coefficient (Wildman–Crippen LogP) is 4.86. The predicted molar refractivity (Wildman–Crippen MR) is 84.3 cm³/mol. The molecule has 1 aromatic heterocycles. The summed E-state index contributed by atoms with van der Waals surface area (Å²) in [4.78, 5) is 1.54. The Labute approximate surface area is 123 Å². The lowest BCUT2D eigenvalue weighted by Crippen LogP contribution is -2.34. The summed E-state index contributed by atoms with van der Waals surface area (Å²) in [5.41, 5.74) is 0. The highest BCUT2D eigenvalue weighted by molar-refractivity contribution is 9.10. The average molecular weight is 330 g/mol. The van der Waals surface area contributed by atoms with E-state index in [2.05, 4.69) is 46.5 Å². The molecule has 0 spiro atoms. The SMILES string of the molecule is CC(C)NCC1CCCCC1Cc1sccc1Br. The van der Waals surface area contributed by atoms with Gasteiger partial charge < -0.3 is 5.32 Å². The first-order valence-electron chi connectivity index (χ1n) is 7.12. The molecule has 18 heavy (non-hydrogen) atoms. The van der Waals surface area contributed by atoms with E-state index < -0.39 is 0 Å². The fraction of sp³-hybridized carbons (Fsp3) is 0.733. The number of nitrogens with one attached hydrogen (secondary N) is 1. The van der Waals surface area contributed by atoms with Gasteiger partial charge in [-0.3, -0.25) is 0 Å². The molecule has 0 aromatic carbocycles. The average Bonchev–Trinajstić information content (AvgIpc) is 2.74. The van der Waals surface area contributed by atoms with Crippen LogP contribution >= 0.6 is 27.3 Å². The van der Waals surface area contributed by atoms with E-state index in [9.17, 15) is 0 Å². The third-order valence-electron chi connectivity index (χ3n) is 3.99. The van der Waals surface area contributed by atoms with Gasteiger partial charge in [0.25, 0.3) is 0 Å². The van der Waals surface area contributed by atoms with Crippen molar-refractivity contribution in [3.63, 3.8) is 0 Å². The largest absolute Gasteiger partial charge is 0.314 e. The van der Waals surface area contributed by atoms with Crippen LogP contribution < -0.4 is 5.32 Å². The second-order valence-electron chi connectivity index (χ2n) is 5.76. The molecule has 1 aliphatic rings. The molecule has 0 amide bonds. The van der Waals surface area contributed by atoms with Crippen molar-refractivity contribution in [2.24, 2.45) is 11.8 Å². The first-order chi connectivity index (χ1) is 8.66. The van der Waals surface area contributed by atoms with Gasteiger partial charge in [0, 0.05) is 15.4 Å². The van der Waals surface area contributed by atoms with Crippen LogP contribution in [0.15, 0.2) is 15.9 Å². The molecule has 1 aromatic rings. The first-order valence-corrected chi connectivity index (χ1v) is 8.79. The Bertz CT molecular complexity index is 361. The van der Waals surface area contributed by atoms with Gasteiger partial charge in [0.05, 0.1) is 0 Å². The molecule has 3 heteroatoms. The molecule has 2 rings (SSSR count). The van der Waals surface area contributed by atoms with E-state index in [0.29, 0.717) is 6.04 Å². The summed E-state index contributed by atoms with van der Waals surface area (Å²) in [6.45, 7) is 5.69. The molecule has 0 radical (unpaired) electrons. The lowest BCUT2D eigenvalue weighted by Gasteiger charge is -2.32. The Morgan fingerprint density at radius 1 is 1.33 bits per heavy atom. The Morgan fingerprint density at radius 2 is 2.06 bits per heavy atom. The maximum Gasteiger partial charge on any atom is 0.0314 e. The minimum atomic E-state index is 0.612. The molecular formula is C15H24BrNS. The maximum absolute atomic E-state index is 3.67. The zero-order valence-corrected chi connectivity index (χ0v) is 13.8. The van der Waals surface area contributed by atoms with Gasteiger partial charge in [-0.15, -0.1) is 11.3 Å². The smallest absolute Gasteiger partial charge is 0.0314 e. The molecule has 0 aliphatic heterocycles. The molecule has 1 nitrogen and oxygen atoms in total. The van der Waals surface area contributed by atoms with Gasteiger partial charge in [-0.1, -0.05) is 26.7 Å². The monoisotopic (exact) mass is 329 g/mol. The fourth-order valence-electron chi connectivity index (χ4n) is 2.92. The van der Waals surface area contributed by atoms with Crippen LogP contribution in [0.25, 0.3) is 0 Å². The highest BCUT2D eigenvalue weighted by Crippen LogP contribution is 2.35. The van der Waals surface area contributed by atoms with Crippen LogP contribution in [-0.2, 0) is 6.42 Å². The minimum absolute atomic E-state index is 0.612. The molecule has 102 valence electrons. The molecule has 2 unspecified atom stereocenters. The minimum Gasteiger partial charge on any atom is -0.314 e. The van der Waals surface area contributed by atoms with Gasteiger partial charge in [0.1, 0.15) is 0 Å². The molecule has 0 bridgehead atoms. The van der Waals surface area contributed by atoms with Crippen LogP contribution in [0.5, 0.6) is 0 Å². The van der Waals surface area contributed by atoms with Crippen molar-refractivity contribution < 1.29 is 0 Å². The van der Waals surface area contributed by atoms with E-state index >= 15 is 0 Å². The molecule has 1 saturated carbocycles. The second kappa shape index (κ2) is 7.06. The Balaban J connectivity index is 1.93. The Morgan fingerprint density at radius 3 is 2.67 bits per heavy atom. The third-order valence-corrected chi connectivity index (χ3v) is 5.94. The van der Waals surface area contributed by atoms with Crippen molar-refractivity contribution in [1.29, 1.82) is 0 Å². The second-order valence-corrected chi connectivity index (χ2v) is 7.62. The highest BCUT2D eigenvalue weighted by Gasteiger charge is 2.26. The normalized spacial score (nSPS) is 24.7. The van der Waals surface area contributed by atoms with Gasteiger partial charge in [0.2, 0.25) is 0 Å². The molecule has 2 atom stereocenters. The third kappa shape index (κ3) is 4.07. The first kappa shape index (κ1) is 14.5. The van der Waals surface area contributed by atoms with E-state index in [1.165, 1.54) is 48.0 Å². The van der Waals surface area contributed by atoms with Crippen molar-refractivity contribution in [3.05, 3.63) is 20.8 Å². The zero-order chi connectivity index (χ0) is 13.0. The van der Waals surface area contributed by atoms with Crippen LogP contribution in [0.3, 0.4) is 0 Å². The molecule has 1 fully saturated rings. The quantitative estimate of drug-likeness (QED) is 0.813. The van der Waals surface area contributed by atoms with Crippen LogP contribution in [0.4, 0.5) is 0 Å². The molecule has 1 heterocycles. The molecule has 1 aliphatic carbocycles. The number of hydrogen-bond donors (Lipinski definition) is 1. The summed E-state index contributed by atoms with van der Waals surface area (Å²) >= 11 is 5.57. The van der Waals surface area contributed by atoms with Crippen molar-refractivity contribution in [2.45, 2.75) is 52.0 Å². The molecular weight excluding hydrogens is 306 g/mol. The van der Waals surface area contributed by atoms with Crippen LogP contribution in [0.1, 0.15) is 44.4 Å². The Hall–Kier alpha value is 0.140. The van der Waals surface area contributed by atoms with E-state index in [-0.39, 0.29) is 0 Å². The van der Waals surface area contributed by atoms with E-state index in [1.54, 1.807) is 0 Å². The zero-order valence-electron chi connectivity index (χ0n) is 11.4. The van der Waals surface area contributed by atoms with Crippen LogP contribution in [0.2, 0.25) is 0 Å². The molecule has 1 N–H and O–H groups in total. The van der Waals surface area contributed by atoms with Gasteiger partial charge in [-0.2, -0.15) is 0 Å². The summed E-state index contributed by atoms with van der Waals surface area (Å²) < 4.78 is 1.31. The summed E-state index contributed by atoms with van der Waals surface area (Å²) in [6, 6.07) is 2.80. The van der Waals surface area contributed by atoms with Crippen LogP contribution in [-0.4, -0.2) is 12.6 Å². The van der Waals surface area contributed by atoms with Crippen LogP contribution in [0, 0.1) is 11.8 Å². The molecule has 0 saturated heterocycles. The summed E-state index contributed by atoms with van der Waals surface area (Å²) in [5.74, 6) is 1.75. The van der Waals surface area contributed by atoms with Crippen molar-refractivity contribution in [2.75, 3.05) is 6.54 Å². The lowest BCUT2D eigenvalue weighted by atomic mass is 9.77. The number of hydrogen-bond acceptors (Lipinski definition) is 2. The number of thiophene rings is 1.